The van der Waals surface area contributed by atoms with E-state index in [9.17, 15) is 29.3 Å². The first-order valence-corrected chi connectivity index (χ1v) is 22.8. The molecule has 4 aromatic heterocycles. The van der Waals surface area contributed by atoms with Gasteiger partial charge in [0.15, 0.2) is 0 Å². The second kappa shape index (κ2) is 24.3. The van der Waals surface area contributed by atoms with Crippen LogP contribution in [0.15, 0.2) is 103 Å². The minimum atomic E-state index is -0.904. The molecular weight excluding hydrogens is 897 g/mol. The quantitative estimate of drug-likeness (QED) is 0.0451. The van der Waals surface area contributed by atoms with Crippen LogP contribution in [0, 0.1) is 33.8 Å². The van der Waals surface area contributed by atoms with Gasteiger partial charge in [-0.1, -0.05) is 61.5 Å². The molecule has 19 heteroatoms. The summed E-state index contributed by atoms with van der Waals surface area (Å²) in [6.07, 6.45) is 5.44. The van der Waals surface area contributed by atoms with Crippen LogP contribution in [0.25, 0.3) is 44.4 Å². The molecule has 0 unspecified atom stereocenters. The molecule has 0 radical (unpaired) electrons. The highest BCUT2D eigenvalue weighted by Crippen LogP contribution is 2.27. The summed E-state index contributed by atoms with van der Waals surface area (Å²) in [4.78, 5) is 68.2. The largest absolute Gasteiger partial charge is 0.478 e. The molecule has 0 bridgehead atoms. The number of rotatable bonds is 14. The van der Waals surface area contributed by atoms with E-state index in [-0.39, 0.29) is 22.8 Å². The number of benzene rings is 4. The van der Waals surface area contributed by atoms with Gasteiger partial charge in [0.2, 0.25) is 0 Å². The van der Waals surface area contributed by atoms with Gasteiger partial charge in [-0.25, -0.2) is 29.3 Å². The average molecular weight is 959 g/mol. The van der Waals surface area contributed by atoms with Crippen LogP contribution in [0.2, 0.25) is 0 Å². The highest BCUT2D eigenvalue weighted by atomic mass is 16.6. The summed E-state index contributed by atoms with van der Waals surface area (Å²) in [7, 11) is 2.66. The van der Waals surface area contributed by atoms with Crippen molar-refractivity contribution >= 4 is 62.4 Å². The molecule has 0 amide bonds. The molecule has 0 aliphatic rings. The van der Waals surface area contributed by atoms with E-state index in [4.69, 9.17) is 9.84 Å². The number of carbonyl (C=O) groups is 3. The molecule has 4 N–H and O–H groups in total. The van der Waals surface area contributed by atoms with Gasteiger partial charge < -0.3 is 33.6 Å². The minimum absolute atomic E-state index is 0.0525. The van der Waals surface area contributed by atoms with Crippen LogP contribution < -0.4 is 10.9 Å². The number of aromatic nitrogens is 8. The van der Waals surface area contributed by atoms with Crippen LogP contribution in [0.3, 0.4) is 0 Å². The van der Waals surface area contributed by atoms with Crippen molar-refractivity contribution in [2.75, 3.05) is 26.1 Å². The molecule has 4 heterocycles. The normalized spacial score (nSPS) is 11.0. The summed E-state index contributed by atoms with van der Waals surface area (Å²) in [5.41, 5.74) is 8.75. The molecule has 0 aliphatic heterocycles. The van der Waals surface area contributed by atoms with Crippen molar-refractivity contribution in [3.05, 3.63) is 135 Å². The number of aromatic amines is 2. The van der Waals surface area contributed by atoms with Gasteiger partial charge in [0.1, 0.15) is 5.69 Å². The maximum Gasteiger partial charge on any atom is 0.337 e. The van der Waals surface area contributed by atoms with E-state index in [2.05, 4.69) is 91.9 Å². The number of fused-ring (bicyclic) bond motifs is 3. The summed E-state index contributed by atoms with van der Waals surface area (Å²) < 4.78 is 15.5. The lowest BCUT2D eigenvalue weighted by molar-refractivity contribution is -0.384. The van der Waals surface area contributed by atoms with Gasteiger partial charge in [-0.15, -0.1) is 0 Å². The lowest BCUT2D eigenvalue weighted by Gasteiger charge is -2.10. The molecule has 370 valence electrons. The first kappa shape index (κ1) is 52.9. The number of nitrogens with one attached hydrogen (secondary N) is 3. The van der Waals surface area contributed by atoms with E-state index in [1.807, 2.05) is 55.3 Å². The summed E-state index contributed by atoms with van der Waals surface area (Å²) in [6.45, 7) is 20.1. The number of carboxylic acids is 1. The van der Waals surface area contributed by atoms with Crippen LogP contribution in [-0.2, 0) is 29.1 Å². The zero-order chi connectivity index (χ0) is 51.2. The number of nitro benzene ring substituents is 1. The molecule has 0 atom stereocenters. The lowest BCUT2D eigenvalue weighted by Crippen LogP contribution is -2.11. The number of H-pyrrole nitrogens is 2. The lowest BCUT2D eigenvalue weighted by atomic mass is 10.1. The number of methoxy groups -OCH3 is 2. The zero-order valence-corrected chi connectivity index (χ0v) is 41.2. The predicted molar refractivity (Wildman–Crippen MR) is 270 cm³/mol. The highest BCUT2D eigenvalue weighted by Gasteiger charge is 2.18. The number of nitrogens with zero attached hydrogens (tertiary/aromatic N) is 7. The Bertz CT molecular complexity index is 3120. The number of aromatic carboxylic acids is 1. The fourth-order valence-corrected chi connectivity index (χ4v) is 7.22. The summed E-state index contributed by atoms with van der Waals surface area (Å²) in [5, 5.41) is 28.2. The standard InChI is InChI=1S/C14H16N4O.C13H16N2O2.C12H16N2O4.C12H14N2O2/c1-9(2)7-18-8-15-11-4-3-10(5-13(11)18)12-6-14(19)17-16-12;1-9(2)7-15-8-14-11-5-4-10(6-12(11)15)13(16)17-3;1-8(2)7-13-10-6-9(12(15)18-3)4-5-11(10)14(16)17;1-8(2)6-14-7-13-10-4-3-9(12(15)16)5-11(10)14/h3-6,8-9H,7H2,1-2H3,(H2,16,17,19);4-6,8-9H,7H2,1-3H3;4-6,8,13H,7H2,1-3H3;3-5,7-8H,6H2,1-2H3,(H,15,16). The number of hydrogen-bond acceptors (Lipinski definition) is 12. The van der Waals surface area contributed by atoms with E-state index in [0.29, 0.717) is 47.0 Å². The minimum Gasteiger partial charge on any atom is -0.478 e. The van der Waals surface area contributed by atoms with E-state index in [1.165, 1.54) is 32.4 Å². The number of nitro groups is 1. The molecule has 0 spiro atoms. The van der Waals surface area contributed by atoms with Crippen molar-refractivity contribution in [1.29, 1.82) is 0 Å². The van der Waals surface area contributed by atoms with Gasteiger partial charge >= 0.3 is 17.9 Å². The van der Waals surface area contributed by atoms with Gasteiger partial charge in [-0.2, -0.15) is 0 Å². The fourth-order valence-electron chi connectivity index (χ4n) is 7.22. The van der Waals surface area contributed by atoms with Crippen molar-refractivity contribution in [2.45, 2.75) is 75.0 Å². The first-order valence-electron chi connectivity index (χ1n) is 22.8. The maximum atomic E-state index is 11.5. The van der Waals surface area contributed by atoms with E-state index < -0.39 is 16.9 Å². The maximum absolute atomic E-state index is 11.5. The van der Waals surface area contributed by atoms with Gasteiger partial charge in [-0.05, 0) is 84.3 Å². The Balaban J connectivity index is 0.000000174. The molecule has 0 aliphatic carbocycles. The number of carbonyl (C=O) groups excluding carboxylic acids is 2. The number of hydrogen-bond donors (Lipinski definition) is 4. The van der Waals surface area contributed by atoms with Crippen molar-refractivity contribution < 1.29 is 33.9 Å². The Morgan fingerprint density at radius 3 is 1.50 bits per heavy atom. The first-order chi connectivity index (χ1) is 33.3. The van der Waals surface area contributed by atoms with Gasteiger partial charge in [0.25, 0.3) is 11.2 Å². The van der Waals surface area contributed by atoms with Crippen LogP contribution in [0.5, 0.6) is 0 Å². The molecule has 70 heavy (non-hydrogen) atoms. The summed E-state index contributed by atoms with van der Waals surface area (Å²) in [6, 6.07) is 22.1. The van der Waals surface area contributed by atoms with Crippen LogP contribution in [0.4, 0.5) is 11.4 Å². The third-order valence-corrected chi connectivity index (χ3v) is 10.4. The second-order valence-corrected chi connectivity index (χ2v) is 18.2. The van der Waals surface area contributed by atoms with Crippen LogP contribution in [-0.4, -0.2) is 87.6 Å². The SMILES string of the molecule is CC(C)Cn1cnc2ccc(-c3cc(=O)[nH][nH]3)cc21.CC(C)Cn1cnc2ccc(C(=O)O)cc21.COC(=O)c1ccc([N+](=O)[O-])c(NCC(C)C)c1.COC(=O)c1ccc2ncn(CC(C)C)c2c1. The predicted octanol–water partition coefficient (Wildman–Crippen LogP) is 9.69. The third-order valence-electron chi connectivity index (χ3n) is 10.4. The van der Waals surface area contributed by atoms with Crippen LogP contribution in [0.1, 0.15) is 86.5 Å². The number of carboxylic acid groups (broad SMARTS) is 1. The van der Waals surface area contributed by atoms with Gasteiger partial charge in [-0.3, -0.25) is 25.1 Å². The second-order valence-electron chi connectivity index (χ2n) is 18.2. The fraction of sp³-hybridized carbons (Fsp3) is 0.353. The number of esters is 2. The Morgan fingerprint density at radius 1 is 0.629 bits per heavy atom. The summed E-state index contributed by atoms with van der Waals surface area (Å²) >= 11 is 0. The smallest absolute Gasteiger partial charge is 0.337 e. The van der Waals surface area contributed by atoms with E-state index in [1.54, 1.807) is 36.7 Å². The van der Waals surface area contributed by atoms with Gasteiger partial charge in [0.05, 0.1) is 93.6 Å². The highest BCUT2D eigenvalue weighted by molar-refractivity contribution is 5.94. The van der Waals surface area contributed by atoms with Crippen molar-refractivity contribution in [1.82, 2.24) is 38.9 Å². The third kappa shape index (κ3) is 14.2. The van der Waals surface area contributed by atoms with E-state index in [0.717, 1.165) is 64.0 Å². The number of imidazole rings is 3. The molecular formula is C51H62N10O9. The molecule has 4 aromatic carbocycles. The average Bonchev–Trinajstić information content (AvgIpc) is 4.14. The molecule has 0 saturated heterocycles. The van der Waals surface area contributed by atoms with Crippen molar-refractivity contribution in [3.63, 3.8) is 0 Å². The van der Waals surface area contributed by atoms with Crippen molar-refractivity contribution in [3.8, 4) is 11.3 Å². The van der Waals surface area contributed by atoms with Crippen molar-refractivity contribution in [2.24, 2.45) is 23.7 Å². The Kier molecular flexibility index (Phi) is 18.3. The molecule has 0 fully saturated rings. The Hall–Kier alpha value is -8.09. The number of ether oxygens (including phenoxy) is 2. The summed E-state index contributed by atoms with van der Waals surface area (Å²) in [5.74, 6) is 0.209. The zero-order valence-electron chi connectivity index (χ0n) is 41.2. The molecule has 8 rings (SSSR count). The molecule has 0 saturated carbocycles. The monoisotopic (exact) mass is 958 g/mol. The number of anilines is 1. The topological polar surface area (TPSA) is 247 Å². The Morgan fingerprint density at radius 2 is 1.07 bits per heavy atom. The molecule has 19 nitrogen and oxygen atoms in total. The molecule has 8 aromatic rings. The van der Waals surface area contributed by atoms with E-state index >= 15 is 0 Å². The van der Waals surface area contributed by atoms with Crippen LogP contribution >= 0.6 is 0 Å². The Labute approximate surface area is 405 Å². The van der Waals surface area contributed by atoms with Gasteiger partial charge in [0, 0.05) is 43.9 Å².